The van der Waals surface area contributed by atoms with E-state index in [-0.39, 0.29) is 0 Å². The third-order valence-electron chi connectivity index (χ3n) is 3.66. The van der Waals surface area contributed by atoms with Gasteiger partial charge in [-0.25, -0.2) is 0 Å². The summed E-state index contributed by atoms with van der Waals surface area (Å²) in [6.07, 6.45) is 13.4. The maximum atomic E-state index is 2.47. The molecule has 0 aliphatic carbocycles. The largest absolute Gasteiger partial charge is 0.0654 e. The lowest BCUT2D eigenvalue weighted by Gasteiger charge is -2.07. The Kier molecular flexibility index (Phi) is 9.58. The average Bonchev–Trinajstić information content (AvgIpc) is 2.39. The smallest absolute Gasteiger partial charge is 0.0135 e. The normalized spacial score (nSPS) is 10.9. The molecular formula is C18H29I. The second-order valence-corrected chi connectivity index (χ2v) is 6.83. The van der Waals surface area contributed by atoms with Crippen LogP contribution in [0.25, 0.3) is 0 Å². The summed E-state index contributed by atoms with van der Waals surface area (Å²) in [5.74, 6) is 0. The zero-order valence-corrected chi connectivity index (χ0v) is 14.8. The van der Waals surface area contributed by atoms with E-state index >= 15 is 0 Å². The van der Waals surface area contributed by atoms with E-state index in [1.165, 1.54) is 67.8 Å². The second kappa shape index (κ2) is 10.7. The number of hydrogen-bond donors (Lipinski definition) is 0. The molecule has 0 atom stereocenters. The molecule has 0 amide bonds. The first-order chi connectivity index (χ1) is 9.26. The van der Waals surface area contributed by atoms with Crippen molar-refractivity contribution < 1.29 is 0 Å². The van der Waals surface area contributed by atoms with Crippen LogP contribution < -0.4 is 0 Å². The van der Waals surface area contributed by atoms with Crippen molar-refractivity contribution in [1.82, 2.24) is 0 Å². The fourth-order valence-corrected chi connectivity index (χ4v) is 3.32. The van der Waals surface area contributed by atoms with Crippen LogP contribution in [0.15, 0.2) is 18.2 Å². The maximum absolute atomic E-state index is 2.47. The predicted molar refractivity (Wildman–Crippen MR) is 94.9 cm³/mol. The van der Waals surface area contributed by atoms with Crippen LogP contribution in [0, 0.1) is 3.57 Å². The molecule has 0 N–H and O–H groups in total. The first-order valence-electron chi connectivity index (χ1n) is 8.04. The van der Waals surface area contributed by atoms with Crippen molar-refractivity contribution in [3.05, 3.63) is 32.9 Å². The van der Waals surface area contributed by atoms with Crippen LogP contribution in [-0.4, -0.2) is 0 Å². The van der Waals surface area contributed by atoms with Crippen LogP contribution in [0.5, 0.6) is 0 Å². The Morgan fingerprint density at radius 3 is 1.58 bits per heavy atom. The molecule has 0 fully saturated rings. The molecule has 0 heterocycles. The number of rotatable bonds is 10. The number of hydrogen-bond acceptors (Lipinski definition) is 0. The highest BCUT2D eigenvalue weighted by Crippen LogP contribution is 2.17. The van der Waals surface area contributed by atoms with E-state index in [0.717, 1.165) is 0 Å². The van der Waals surface area contributed by atoms with Gasteiger partial charge in [0.2, 0.25) is 0 Å². The Labute approximate surface area is 133 Å². The van der Waals surface area contributed by atoms with E-state index in [9.17, 15) is 0 Å². The van der Waals surface area contributed by atoms with Gasteiger partial charge in [0.1, 0.15) is 0 Å². The summed E-state index contributed by atoms with van der Waals surface area (Å²) in [5, 5.41) is 0. The Bertz CT molecular complexity index is 313. The van der Waals surface area contributed by atoms with Gasteiger partial charge in [0.05, 0.1) is 0 Å². The minimum atomic E-state index is 1.26. The summed E-state index contributed by atoms with van der Waals surface area (Å²) in [6, 6.07) is 7.17. The van der Waals surface area contributed by atoms with E-state index in [1.807, 2.05) is 0 Å². The molecule has 1 heteroatoms. The van der Waals surface area contributed by atoms with E-state index < -0.39 is 0 Å². The molecule has 0 bridgehead atoms. The van der Waals surface area contributed by atoms with E-state index in [0.29, 0.717) is 0 Å². The van der Waals surface area contributed by atoms with Gasteiger partial charge in [0.15, 0.2) is 0 Å². The van der Waals surface area contributed by atoms with E-state index in [4.69, 9.17) is 0 Å². The van der Waals surface area contributed by atoms with Gasteiger partial charge in [-0.2, -0.15) is 0 Å². The molecule has 0 saturated heterocycles. The van der Waals surface area contributed by atoms with E-state index in [1.54, 1.807) is 11.1 Å². The fraction of sp³-hybridized carbons (Fsp3) is 0.667. The fourth-order valence-electron chi connectivity index (χ4n) is 2.52. The third kappa shape index (κ3) is 7.96. The Hall–Kier alpha value is -0.0500. The summed E-state index contributed by atoms with van der Waals surface area (Å²) in [6.45, 7) is 4.56. The van der Waals surface area contributed by atoms with Crippen molar-refractivity contribution >= 4 is 22.6 Å². The molecule has 0 aliphatic rings. The standard InChI is InChI=1S/C18H29I/c1-3-5-7-9-11-16-13-17(15-18(19)14-16)12-10-8-6-4-2/h13-15H,3-12H2,1-2H3. The van der Waals surface area contributed by atoms with Gasteiger partial charge >= 0.3 is 0 Å². The molecule has 0 radical (unpaired) electrons. The minimum Gasteiger partial charge on any atom is -0.0654 e. The predicted octanol–water partition coefficient (Wildman–Crippen LogP) is 6.54. The zero-order chi connectivity index (χ0) is 13.9. The lowest BCUT2D eigenvalue weighted by Crippen LogP contribution is -1.93. The Morgan fingerprint density at radius 2 is 1.16 bits per heavy atom. The molecule has 0 aliphatic heterocycles. The Morgan fingerprint density at radius 1 is 0.684 bits per heavy atom. The van der Waals surface area contributed by atoms with Gasteiger partial charge in [-0.1, -0.05) is 58.4 Å². The van der Waals surface area contributed by atoms with Crippen LogP contribution in [0.1, 0.15) is 76.3 Å². The summed E-state index contributed by atoms with van der Waals surface area (Å²) in [4.78, 5) is 0. The van der Waals surface area contributed by atoms with Crippen LogP contribution in [0.2, 0.25) is 0 Å². The highest BCUT2D eigenvalue weighted by Gasteiger charge is 2.00. The molecule has 1 aromatic carbocycles. The van der Waals surface area contributed by atoms with Crippen LogP contribution in [0.3, 0.4) is 0 Å². The van der Waals surface area contributed by atoms with Gasteiger partial charge in [0.25, 0.3) is 0 Å². The van der Waals surface area contributed by atoms with Crippen LogP contribution in [-0.2, 0) is 12.8 Å². The lowest BCUT2D eigenvalue weighted by molar-refractivity contribution is 0.661. The number of benzene rings is 1. The highest BCUT2D eigenvalue weighted by atomic mass is 127. The molecule has 0 unspecified atom stereocenters. The first-order valence-corrected chi connectivity index (χ1v) is 9.12. The topological polar surface area (TPSA) is 0 Å². The summed E-state index contributed by atoms with van der Waals surface area (Å²) < 4.78 is 1.41. The van der Waals surface area contributed by atoms with Crippen molar-refractivity contribution in [2.75, 3.05) is 0 Å². The molecular weight excluding hydrogens is 343 g/mol. The molecule has 0 saturated carbocycles. The van der Waals surface area contributed by atoms with Crippen molar-refractivity contribution in [3.8, 4) is 0 Å². The van der Waals surface area contributed by atoms with Gasteiger partial charge in [-0.05, 0) is 71.5 Å². The quantitative estimate of drug-likeness (QED) is 0.323. The van der Waals surface area contributed by atoms with Crippen molar-refractivity contribution in [1.29, 1.82) is 0 Å². The molecule has 19 heavy (non-hydrogen) atoms. The summed E-state index contributed by atoms with van der Waals surface area (Å²) in [7, 11) is 0. The van der Waals surface area contributed by atoms with Crippen molar-refractivity contribution in [2.24, 2.45) is 0 Å². The SMILES string of the molecule is CCCCCCc1cc(I)cc(CCCCCC)c1. The first kappa shape index (κ1) is 17.0. The van der Waals surface area contributed by atoms with Gasteiger partial charge in [-0.15, -0.1) is 0 Å². The third-order valence-corrected chi connectivity index (χ3v) is 4.28. The van der Waals surface area contributed by atoms with Crippen LogP contribution >= 0.6 is 22.6 Å². The number of halogens is 1. The van der Waals surface area contributed by atoms with Crippen molar-refractivity contribution in [2.45, 2.75) is 78.1 Å². The molecule has 1 rings (SSSR count). The molecule has 1 aromatic rings. The summed E-state index contributed by atoms with van der Waals surface area (Å²) in [5.41, 5.74) is 3.10. The summed E-state index contributed by atoms with van der Waals surface area (Å²) >= 11 is 2.47. The average molecular weight is 372 g/mol. The van der Waals surface area contributed by atoms with Gasteiger partial charge in [-0.3, -0.25) is 0 Å². The number of unbranched alkanes of at least 4 members (excludes halogenated alkanes) is 6. The monoisotopic (exact) mass is 372 g/mol. The minimum absolute atomic E-state index is 1.26. The second-order valence-electron chi connectivity index (χ2n) is 5.59. The lowest BCUT2D eigenvalue weighted by atomic mass is 10.0. The van der Waals surface area contributed by atoms with Gasteiger partial charge in [0, 0.05) is 3.57 Å². The molecule has 0 aromatic heterocycles. The Balaban J connectivity index is 2.41. The van der Waals surface area contributed by atoms with E-state index in [2.05, 4.69) is 54.6 Å². The zero-order valence-electron chi connectivity index (χ0n) is 12.7. The van der Waals surface area contributed by atoms with Gasteiger partial charge < -0.3 is 0 Å². The molecule has 0 nitrogen and oxygen atoms in total. The highest BCUT2D eigenvalue weighted by molar-refractivity contribution is 14.1. The number of aryl methyl sites for hydroxylation is 2. The maximum Gasteiger partial charge on any atom is 0.0135 e. The van der Waals surface area contributed by atoms with Crippen LogP contribution in [0.4, 0.5) is 0 Å². The molecule has 108 valence electrons. The molecule has 0 spiro atoms. The van der Waals surface area contributed by atoms with Crippen molar-refractivity contribution in [3.63, 3.8) is 0 Å².